The number of anilines is 1. The SMILES string of the molecule is CCCC(C)OC(=N)c1cccc(C(=O)Nc2ccc(Oc3ncc(Br)cn3)c(C)c2)c1[N+](=O)[O-]. The maximum atomic E-state index is 13.0. The maximum absolute atomic E-state index is 13.0. The van der Waals surface area contributed by atoms with E-state index in [1.807, 2.05) is 6.92 Å². The number of carbonyl (C=O) groups is 1. The van der Waals surface area contributed by atoms with Gasteiger partial charge in [-0.1, -0.05) is 19.4 Å². The van der Waals surface area contributed by atoms with Crippen LogP contribution in [0.15, 0.2) is 53.3 Å². The standard InChI is InChI=1S/C24H24BrN5O5/c1-4-6-15(3)34-22(26)18-7-5-8-19(21(18)30(32)33)23(31)29-17-9-10-20(14(2)11-17)35-24-27-12-16(25)13-28-24/h5,7-13,15,26H,4,6H2,1-3H3,(H,29,31). The van der Waals surface area contributed by atoms with Gasteiger partial charge in [-0.05, 0) is 72.1 Å². The summed E-state index contributed by atoms with van der Waals surface area (Å²) in [5, 5.41) is 22.7. The van der Waals surface area contributed by atoms with Crippen LogP contribution in [0.2, 0.25) is 0 Å². The number of aryl methyl sites for hydroxylation is 1. The summed E-state index contributed by atoms with van der Waals surface area (Å²) in [6, 6.07) is 9.30. The van der Waals surface area contributed by atoms with Gasteiger partial charge in [0.25, 0.3) is 11.6 Å². The fourth-order valence-electron chi connectivity index (χ4n) is 3.33. The number of nitrogens with one attached hydrogen (secondary N) is 2. The summed E-state index contributed by atoms with van der Waals surface area (Å²) in [4.78, 5) is 32.3. The van der Waals surface area contributed by atoms with Crippen LogP contribution >= 0.6 is 15.9 Å². The van der Waals surface area contributed by atoms with E-state index in [1.54, 1.807) is 44.4 Å². The molecule has 10 nitrogen and oxygen atoms in total. The Bertz CT molecular complexity index is 1250. The number of amides is 1. The number of ether oxygens (including phenoxy) is 2. The van der Waals surface area contributed by atoms with Crippen molar-refractivity contribution in [1.29, 1.82) is 5.41 Å². The number of hydrogen-bond donors (Lipinski definition) is 2. The first-order chi connectivity index (χ1) is 16.7. The summed E-state index contributed by atoms with van der Waals surface area (Å²) < 4.78 is 11.9. The molecule has 3 rings (SSSR count). The number of hydrogen-bond acceptors (Lipinski definition) is 8. The van der Waals surface area contributed by atoms with Crippen molar-refractivity contribution in [2.24, 2.45) is 0 Å². The first kappa shape index (κ1) is 25.8. The van der Waals surface area contributed by atoms with Crippen molar-refractivity contribution in [1.82, 2.24) is 9.97 Å². The third-order valence-corrected chi connectivity index (χ3v) is 5.36. The zero-order chi connectivity index (χ0) is 25.5. The van der Waals surface area contributed by atoms with Crippen molar-refractivity contribution in [3.63, 3.8) is 0 Å². The molecule has 0 aliphatic rings. The molecule has 0 radical (unpaired) electrons. The van der Waals surface area contributed by atoms with Crippen LogP contribution in [-0.2, 0) is 4.74 Å². The van der Waals surface area contributed by atoms with E-state index in [4.69, 9.17) is 14.9 Å². The molecule has 0 aliphatic heterocycles. The minimum atomic E-state index is -0.683. The molecule has 0 aliphatic carbocycles. The van der Waals surface area contributed by atoms with E-state index in [9.17, 15) is 14.9 Å². The van der Waals surface area contributed by atoms with Gasteiger partial charge in [0.1, 0.15) is 16.9 Å². The highest BCUT2D eigenvalue weighted by molar-refractivity contribution is 9.10. The number of nitro groups is 1. The number of para-hydroxylation sites is 1. The van der Waals surface area contributed by atoms with Gasteiger partial charge in [0, 0.05) is 18.1 Å². The summed E-state index contributed by atoms with van der Waals surface area (Å²) >= 11 is 3.26. The second-order valence-corrected chi connectivity index (χ2v) is 8.64. The molecule has 35 heavy (non-hydrogen) atoms. The van der Waals surface area contributed by atoms with Crippen molar-refractivity contribution < 1.29 is 19.2 Å². The maximum Gasteiger partial charge on any atom is 0.321 e. The molecule has 1 unspecified atom stereocenters. The van der Waals surface area contributed by atoms with Gasteiger partial charge in [0.05, 0.1) is 15.5 Å². The van der Waals surface area contributed by atoms with E-state index in [-0.39, 0.29) is 29.1 Å². The lowest BCUT2D eigenvalue weighted by Gasteiger charge is -2.15. The van der Waals surface area contributed by atoms with Crippen molar-refractivity contribution in [3.05, 3.63) is 80.1 Å². The second kappa shape index (κ2) is 11.5. The summed E-state index contributed by atoms with van der Waals surface area (Å²) in [6.07, 6.45) is 4.38. The smallest absolute Gasteiger partial charge is 0.321 e. The van der Waals surface area contributed by atoms with E-state index in [0.717, 1.165) is 10.9 Å². The minimum absolute atomic E-state index is 0.0555. The molecule has 1 atom stereocenters. The number of carbonyl (C=O) groups excluding carboxylic acids is 1. The van der Waals surface area contributed by atoms with E-state index < -0.39 is 16.5 Å². The average Bonchev–Trinajstić information content (AvgIpc) is 2.81. The zero-order valence-electron chi connectivity index (χ0n) is 19.4. The number of nitrogens with zero attached hydrogens (tertiary/aromatic N) is 3. The summed E-state index contributed by atoms with van der Waals surface area (Å²) in [5.74, 6) is -0.540. The molecule has 1 aromatic heterocycles. The fourth-order valence-corrected chi connectivity index (χ4v) is 3.53. The molecule has 11 heteroatoms. The molecule has 0 spiro atoms. The average molecular weight is 542 g/mol. The van der Waals surface area contributed by atoms with Crippen LogP contribution in [0.1, 0.15) is 48.2 Å². The predicted molar refractivity (Wildman–Crippen MR) is 134 cm³/mol. The third kappa shape index (κ3) is 6.60. The molecule has 2 aromatic carbocycles. The predicted octanol–water partition coefficient (Wildman–Crippen LogP) is 6.03. The number of benzene rings is 2. The van der Waals surface area contributed by atoms with Gasteiger partial charge in [-0.3, -0.25) is 20.3 Å². The molecule has 0 saturated carbocycles. The molecular weight excluding hydrogens is 518 g/mol. The van der Waals surface area contributed by atoms with Gasteiger partial charge in [0.15, 0.2) is 0 Å². The molecule has 0 saturated heterocycles. The highest BCUT2D eigenvalue weighted by Gasteiger charge is 2.28. The molecule has 1 amide bonds. The Morgan fingerprint density at radius 3 is 2.54 bits per heavy atom. The van der Waals surface area contributed by atoms with Crippen molar-refractivity contribution >= 4 is 39.1 Å². The van der Waals surface area contributed by atoms with Gasteiger partial charge >= 0.3 is 6.01 Å². The zero-order valence-corrected chi connectivity index (χ0v) is 21.0. The van der Waals surface area contributed by atoms with E-state index in [2.05, 4.69) is 31.2 Å². The van der Waals surface area contributed by atoms with Gasteiger partial charge in [-0.25, -0.2) is 9.97 Å². The number of nitro benzene ring substituents is 1. The van der Waals surface area contributed by atoms with Crippen LogP contribution < -0.4 is 10.1 Å². The van der Waals surface area contributed by atoms with E-state index in [0.29, 0.717) is 23.4 Å². The molecule has 182 valence electrons. The number of halogens is 1. The fraction of sp³-hybridized carbons (Fsp3) is 0.250. The highest BCUT2D eigenvalue weighted by Crippen LogP contribution is 2.29. The Kier molecular flexibility index (Phi) is 8.48. The Morgan fingerprint density at radius 1 is 1.23 bits per heavy atom. The normalized spacial score (nSPS) is 11.4. The Balaban J connectivity index is 1.81. The third-order valence-electron chi connectivity index (χ3n) is 4.95. The first-order valence-corrected chi connectivity index (χ1v) is 11.6. The lowest BCUT2D eigenvalue weighted by Crippen LogP contribution is -2.19. The lowest BCUT2D eigenvalue weighted by molar-refractivity contribution is -0.385. The van der Waals surface area contributed by atoms with Gasteiger partial charge in [-0.2, -0.15) is 0 Å². The van der Waals surface area contributed by atoms with Crippen LogP contribution in [0, 0.1) is 22.4 Å². The number of rotatable bonds is 9. The highest BCUT2D eigenvalue weighted by atomic mass is 79.9. The van der Waals surface area contributed by atoms with Crippen LogP contribution in [0.5, 0.6) is 11.8 Å². The topological polar surface area (TPSA) is 140 Å². The van der Waals surface area contributed by atoms with Crippen LogP contribution in [0.25, 0.3) is 0 Å². The second-order valence-electron chi connectivity index (χ2n) is 7.73. The molecular formula is C24H24BrN5O5. The summed E-state index contributed by atoms with van der Waals surface area (Å²) in [6.45, 7) is 5.55. The molecule has 2 N–H and O–H groups in total. The Labute approximate surface area is 210 Å². The summed E-state index contributed by atoms with van der Waals surface area (Å²) in [7, 11) is 0. The largest absolute Gasteiger partial charge is 0.474 e. The Morgan fingerprint density at radius 2 is 1.91 bits per heavy atom. The minimum Gasteiger partial charge on any atom is -0.474 e. The Hall–Kier alpha value is -3.86. The van der Waals surface area contributed by atoms with Crippen molar-refractivity contribution in [2.45, 2.75) is 39.7 Å². The van der Waals surface area contributed by atoms with E-state index >= 15 is 0 Å². The van der Waals surface area contributed by atoms with Gasteiger partial charge < -0.3 is 14.8 Å². The van der Waals surface area contributed by atoms with E-state index in [1.165, 1.54) is 18.2 Å². The molecule has 0 fully saturated rings. The summed E-state index contributed by atoms with van der Waals surface area (Å²) in [5.41, 5.74) is 0.393. The van der Waals surface area contributed by atoms with Crippen LogP contribution in [0.3, 0.4) is 0 Å². The molecule has 1 heterocycles. The molecule has 0 bridgehead atoms. The number of aromatic nitrogens is 2. The lowest BCUT2D eigenvalue weighted by atomic mass is 10.1. The monoisotopic (exact) mass is 541 g/mol. The quantitative estimate of drug-likeness (QED) is 0.146. The van der Waals surface area contributed by atoms with Crippen LogP contribution in [-0.4, -0.2) is 32.8 Å². The van der Waals surface area contributed by atoms with Crippen molar-refractivity contribution in [2.75, 3.05) is 5.32 Å². The van der Waals surface area contributed by atoms with Crippen molar-refractivity contribution in [3.8, 4) is 11.8 Å². The molecule has 3 aromatic rings. The van der Waals surface area contributed by atoms with Gasteiger partial charge in [-0.15, -0.1) is 0 Å². The first-order valence-electron chi connectivity index (χ1n) is 10.8. The van der Waals surface area contributed by atoms with Gasteiger partial charge in [0.2, 0.25) is 5.90 Å². The van der Waals surface area contributed by atoms with Crippen LogP contribution in [0.4, 0.5) is 11.4 Å².